The third-order valence-corrected chi connectivity index (χ3v) is 4.30. The molecular weight excluding hydrogens is 326 g/mol. The van der Waals surface area contributed by atoms with E-state index in [0.29, 0.717) is 13.0 Å². The van der Waals surface area contributed by atoms with Gasteiger partial charge in [0, 0.05) is 44.0 Å². The third-order valence-electron chi connectivity index (χ3n) is 4.30. The number of anilines is 2. The van der Waals surface area contributed by atoms with E-state index < -0.39 is 0 Å². The summed E-state index contributed by atoms with van der Waals surface area (Å²) < 4.78 is 5.14. The normalized spacial score (nSPS) is 10.4. The summed E-state index contributed by atoms with van der Waals surface area (Å²) in [6.45, 7) is 7.59. The van der Waals surface area contributed by atoms with Gasteiger partial charge >= 0.3 is 0 Å². The molecule has 140 valence electrons. The summed E-state index contributed by atoms with van der Waals surface area (Å²) in [6, 6.07) is 15.9. The average molecular weight is 355 g/mol. The van der Waals surface area contributed by atoms with Gasteiger partial charge in [-0.05, 0) is 55.8 Å². The average Bonchev–Trinajstić information content (AvgIpc) is 2.68. The van der Waals surface area contributed by atoms with Crippen LogP contribution in [0.25, 0.3) is 0 Å². The molecule has 0 saturated heterocycles. The highest BCUT2D eigenvalue weighted by molar-refractivity contribution is 5.91. The number of benzene rings is 2. The number of carbonyl (C=O) groups is 1. The van der Waals surface area contributed by atoms with E-state index in [1.165, 1.54) is 5.69 Å². The van der Waals surface area contributed by atoms with E-state index in [2.05, 4.69) is 29.4 Å². The monoisotopic (exact) mass is 355 g/mol. The molecule has 26 heavy (non-hydrogen) atoms. The van der Waals surface area contributed by atoms with Crippen molar-refractivity contribution < 1.29 is 9.53 Å². The van der Waals surface area contributed by atoms with Crippen LogP contribution >= 0.6 is 0 Å². The van der Waals surface area contributed by atoms with E-state index in [1.807, 2.05) is 48.5 Å². The zero-order valence-electron chi connectivity index (χ0n) is 15.9. The Morgan fingerprint density at radius 2 is 1.65 bits per heavy atom. The first-order valence-corrected chi connectivity index (χ1v) is 9.14. The van der Waals surface area contributed by atoms with Crippen molar-refractivity contribution >= 4 is 17.3 Å². The first-order chi connectivity index (χ1) is 12.7. The maximum atomic E-state index is 12.1. The van der Waals surface area contributed by atoms with Crippen molar-refractivity contribution in [3.63, 3.8) is 0 Å². The van der Waals surface area contributed by atoms with Crippen LogP contribution in [-0.4, -0.2) is 32.7 Å². The van der Waals surface area contributed by atoms with Crippen LogP contribution in [0.2, 0.25) is 0 Å². The van der Waals surface area contributed by atoms with Gasteiger partial charge in [-0.2, -0.15) is 0 Å². The lowest BCUT2D eigenvalue weighted by atomic mass is 10.2. The Bertz CT molecular complexity index is 665. The molecule has 2 aromatic carbocycles. The molecule has 0 heterocycles. The summed E-state index contributed by atoms with van der Waals surface area (Å²) in [6.07, 6.45) is 0.438. The van der Waals surface area contributed by atoms with Crippen LogP contribution in [-0.2, 0) is 11.3 Å². The maximum absolute atomic E-state index is 12.1. The number of amides is 1. The molecule has 0 bridgehead atoms. The fraction of sp³-hybridized carbons (Fsp3) is 0.381. The number of nitrogens with one attached hydrogen (secondary N) is 2. The number of hydrogen-bond acceptors (Lipinski definition) is 4. The van der Waals surface area contributed by atoms with Gasteiger partial charge in [-0.3, -0.25) is 4.79 Å². The first kappa shape index (κ1) is 19.8. The Labute approximate surface area is 156 Å². The fourth-order valence-corrected chi connectivity index (χ4v) is 2.75. The second-order valence-corrected chi connectivity index (χ2v) is 6.04. The number of rotatable bonds is 10. The van der Waals surface area contributed by atoms with E-state index in [4.69, 9.17) is 4.74 Å². The number of ether oxygens (including phenoxy) is 1. The lowest BCUT2D eigenvalue weighted by Gasteiger charge is -2.21. The number of hydrogen-bond donors (Lipinski definition) is 2. The summed E-state index contributed by atoms with van der Waals surface area (Å²) in [5.41, 5.74) is 3.17. The Morgan fingerprint density at radius 1 is 1.00 bits per heavy atom. The molecule has 5 heteroatoms. The van der Waals surface area contributed by atoms with Crippen molar-refractivity contribution in [2.45, 2.75) is 26.8 Å². The fourth-order valence-electron chi connectivity index (χ4n) is 2.75. The summed E-state index contributed by atoms with van der Waals surface area (Å²) in [5, 5.41) is 6.23. The molecule has 0 fully saturated rings. The van der Waals surface area contributed by atoms with Crippen LogP contribution in [0, 0.1) is 0 Å². The van der Waals surface area contributed by atoms with Gasteiger partial charge in [-0.25, -0.2) is 0 Å². The molecule has 0 radical (unpaired) electrons. The number of carbonyl (C=O) groups excluding carboxylic acids is 1. The molecule has 0 atom stereocenters. The highest BCUT2D eigenvalue weighted by Gasteiger charge is 2.04. The minimum atomic E-state index is 0.0165. The Kier molecular flexibility index (Phi) is 7.96. The van der Waals surface area contributed by atoms with Gasteiger partial charge in [-0.1, -0.05) is 12.1 Å². The molecular formula is C21H29N3O2. The summed E-state index contributed by atoms with van der Waals surface area (Å²) >= 11 is 0. The van der Waals surface area contributed by atoms with Crippen LogP contribution in [0.1, 0.15) is 25.8 Å². The first-order valence-electron chi connectivity index (χ1n) is 9.14. The van der Waals surface area contributed by atoms with Crippen LogP contribution in [0.15, 0.2) is 48.5 Å². The van der Waals surface area contributed by atoms with Gasteiger partial charge in [0.05, 0.1) is 7.11 Å². The van der Waals surface area contributed by atoms with Crippen LogP contribution < -0.4 is 20.3 Å². The molecule has 0 saturated carbocycles. The zero-order valence-corrected chi connectivity index (χ0v) is 15.9. The molecule has 0 aliphatic rings. The van der Waals surface area contributed by atoms with E-state index in [9.17, 15) is 4.79 Å². The molecule has 0 aromatic heterocycles. The second kappa shape index (κ2) is 10.5. The summed E-state index contributed by atoms with van der Waals surface area (Å²) in [7, 11) is 1.66. The van der Waals surface area contributed by atoms with Gasteiger partial charge in [0.2, 0.25) is 5.91 Å². The van der Waals surface area contributed by atoms with Crippen molar-refractivity contribution in [2.75, 3.05) is 37.0 Å². The Morgan fingerprint density at radius 3 is 2.23 bits per heavy atom. The van der Waals surface area contributed by atoms with Gasteiger partial charge in [-0.15, -0.1) is 0 Å². The van der Waals surface area contributed by atoms with Crippen LogP contribution in [0.5, 0.6) is 5.75 Å². The Balaban J connectivity index is 1.71. The van der Waals surface area contributed by atoms with Crippen molar-refractivity contribution in [1.29, 1.82) is 0 Å². The lowest BCUT2D eigenvalue weighted by molar-refractivity contribution is -0.116. The predicted molar refractivity (Wildman–Crippen MR) is 108 cm³/mol. The van der Waals surface area contributed by atoms with Crippen molar-refractivity contribution in [1.82, 2.24) is 5.32 Å². The smallest absolute Gasteiger partial charge is 0.225 e. The molecule has 0 aliphatic carbocycles. The van der Waals surface area contributed by atoms with Crippen molar-refractivity contribution in [3.05, 3.63) is 54.1 Å². The van der Waals surface area contributed by atoms with E-state index >= 15 is 0 Å². The number of nitrogens with zero attached hydrogens (tertiary/aromatic N) is 1. The number of methoxy groups -OCH3 is 1. The molecule has 0 spiro atoms. The van der Waals surface area contributed by atoms with Crippen LogP contribution in [0.3, 0.4) is 0 Å². The molecule has 2 aromatic rings. The standard InChI is InChI=1S/C21H29N3O2/c1-4-24(5-2)19-10-8-18(9-11-19)23-21(25)14-15-22-16-17-6-12-20(26-3)13-7-17/h6-13,22H,4-5,14-16H2,1-3H3,(H,23,25). The molecule has 5 nitrogen and oxygen atoms in total. The van der Waals surface area contributed by atoms with E-state index in [0.717, 1.165) is 36.6 Å². The van der Waals surface area contributed by atoms with Crippen molar-refractivity contribution in [3.8, 4) is 5.75 Å². The quantitative estimate of drug-likeness (QED) is 0.639. The molecule has 1 amide bonds. The van der Waals surface area contributed by atoms with Gasteiger partial charge < -0.3 is 20.3 Å². The third kappa shape index (κ3) is 6.08. The highest BCUT2D eigenvalue weighted by atomic mass is 16.5. The molecule has 2 N–H and O–H groups in total. The maximum Gasteiger partial charge on any atom is 0.225 e. The van der Waals surface area contributed by atoms with E-state index in [-0.39, 0.29) is 5.91 Å². The molecule has 0 unspecified atom stereocenters. The minimum Gasteiger partial charge on any atom is -0.497 e. The Hall–Kier alpha value is -2.53. The highest BCUT2D eigenvalue weighted by Crippen LogP contribution is 2.17. The largest absolute Gasteiger partial charge is 0.497 e. The van der Waals surface area contributed by atoms with E-state index in [1.54, 1.807) is 7.11 Å². The minimum absolute atomic E-state index is 0.0165. The van der Waals surface area contributed by atoms with Crippen LogP contribution in [0.4, 0.5) is 11.4 Å². The molecule has 2 rings (SSSR count). The second-order valence-electron chi connectivity index (χ2n) is 6.04. The summed E-state index contributed by atoms with van der Waals surface area (Å²) in [5.74, 6) is 0.864. The summed E-state index contributed by atoms with van der Waals surface area (Å²) in [4.78, 5) is 14.3. The van der Waals surface area contributed by atoms with Crippen molar-refractivity contribution in [2.24, 2.45) is 0 Å². The van der Waals surface area contributed by atoms with Gasteiger partial charge in [0.1, 0.15) is 5.75 Å². The zero-order chi connectivity index (χ0) is 18.8. The molecule has 0 aliphatic heterocycles. The predicted octanol–water partition coefficient (Wildman–Crippen LogP) is 3.66. The topological polar surface area (TPSA) is 53.6 Å². The van der Waals surface area contributed by atoms with Gasteiger partial charge in [0.15, 0.2) is 0 Å². The van der Waals surface area contributed by atoms with Gasteiger partial charge in [0.25, 0.3) is 0 Å². The SMILES string of the molecule is CCN(CC)c1ccc(NC(=O)CCNCc2ccc(OC)cc2)cc1. The lowest BCUT2D eigenvalue weighted by Crippen LogP contribution is -2.22.